The number of amides is 1. The van der Waals surface area contributed by atoms with E-state index in [4.69, 9.17) is 4.74 Å². The Morgan fingerprint density at radius 1 is 1.04 bits per heavy atom. The maximum Gasteiger partial charge on any atom is 0.259 e. The quantitative estimate of drug-likeness (QED) is 0.505. The van der Waals surface area contributed by atoms with E-state index in [1.54, 1.807) is 6.21 Å². The topological polar surface area (TPSA) is 62.7 Å². The van der Waals surface area contributed by atoms with Crippen molar-refractivity contribution in [1.29, 1.82) is 0 Å². The summed E-state index contributed by atoms with van der Waals surface area (Å²) in [5.74, 6) is 0.605. The molecule has 3 aromatic rings. The lowest BCUT2D eigenvalue weighted by Crippen LogP contribution is -2.25. The van der Waals surface area contributed by atoms with Crippen molar-refractivity contribution in [2.45, 2.75) is 6.92 Å². The van der Waals surface area contributed by atoms with Crippen LogP contribution in [-0.2, 0) is 4.79 Å². The molecule has 3 rings (SSSR count). The zero-order chi connectivity index (χ0) is 18.2. The van der Waals surface area contributed by atoms with Crippen molar-refractivity contribution in [3.8, 4) is 5.75 Å². The summed E-state index contributed by atoms with van der Waals surface area (Å²) in [5, 5.41) is 9.36. The third kappa shape index (κ3) is 4.60. The van der Waals surface area contributed by atoms with Gasteiger partial charge in [-0.25, -0.2) is 5.43 Å². The Balaban J connectivity index is 1.52. The van der Waals surface area contributed by atoms with Crippen LogP contribution >= 0.6 is 0 Å². The number of rotatable bonds is 7. The van der Waals surface area contributed by atoms with Crippen LogP contribution in [0.25, 0.3) is 10.8 Å². The van der Waals surface area contributed by atoms with Gasteiger partial charge in [-0.05, 0) is 48.2 Å². The van der Waals surface area contributed by atoms with Crippen molar-refractivity contribution >= 4 is 28.6 Å². The number of hydrazone groups is 1. The summed E-state index contributed by atoms with van der Waals surface area (Å²) in [4.78, 5) is 12.0. The molecule has 0 bridgehead atoms. The predicted octanol–water partition coefficient (Wildman–Crippen LogP) is 3.80. The summed E-state index contributed by atoms with van der Waals surface area (Å²) in [7, 11) is 0. The van der Waals surface area contributed by atoms with Gasteiger partial charge in [-0.3, -0.25) is 4.79 Å². The molecule has 0 unspecified atom stereocenters. The van der Waals surface area contributed by atoms with E-state index >= 15 is 0 Å². The molecule has 0 atom stereocenters. The van der Waals surface area contributed by atoms with Crippen molar-refractivity contribution in [3.05, 3.63) is 72.3 Å². The van der Waals surface area contributed by atoms with Crippen LogP contribution in [0.4, 0.5) is 5.69 Å². The summed E-state index contributed by atoms with van der Waals surface area (Å²) >= 11 is 0. The molecule has 5 heteroatoms. The van der Waals surface area contributed by atoms with E-state index in [-0.39, 0.29) is 12.5 Å². The van der Waals surface area contributed by atoms with Crippen LogP contribution in [-0.4, -0.2) is 25.3 Å². The van der Waals surface area contributed by atoms with Crippen LogP contribution in [0, 0.1) is 0 Å². The number of nitrogens with zero attached hydrogens (tertiary/aromatic N) is 1. The van der Waals surface area contributed by atoms with Crippen molar-refractivity contribution < 1.29 is 9.53 Å². The number of hydrogen-bond acceptors (Lipinski definition) is 4. The molecule has 5 nitrogen and oxygen atoms in total. The molecule has 0 aliphatic carbocycles. The molecule has 0 radical (unpaired) electrons. The van der Waals surface area contributed by atoms with Crippen LogP contribution < -0.4 is 15.5 Å². The van der Waals surface area contributed by atoms with E-state index in [0.29, 0.717) is 6.61 Å². The number of hydrogen-bond donors (Lipinski definition) is 2. The molecule has 3 aromatic carbocycles. The molecule has 1 amide bonds. The fourth-order valence-corrected chi connectivity index (χ4v) is 2.59. The molecule has 132 valence electrons. The zero-order valence-corrected chi connectivity index (χ0v) is 14.6. The van der Waals surface area contributed by atoms with Gasteiger partial charge in [-0.2, -0.15) is 5.10 Å². The maximum atomic E-state index is 12.0. The normalized spacial score (nSPS) is 10.8. The second-order valence-electron chi connectivity index (χ2n) is 5.68. The Bertz CT molecular complexity index is 899. The minimum absolute atomic E-state index is 0.147. The largest absolute Gasteiger partial charge is 0.494 e. The number of carbonyl (C=O) groups excluding carboxylic acids is 1. The lowest BCUT2D eigenvalue weighted by molar-refractivity contribution is -0.119. The fourth-order valence-electron chi connectivity index (χ4n) is 2.59. The number of ether oxygens (including phenoxy) is 1. The SMILES string of the molecule is CCOc1ccc(C=NNC(=O)CNc2cccc3ccccc23)cc1. The second-order valence-corrected chi connectivity index (χ2v) is 5.68. The molecule has 0 spiro atoms. The molecule has 0 aliphatic heterocycles. The Morgan fingerprint density at radius 2 is 1.81 bits per heavy atom. The van der Waals surface area contributed by atoms with Gasteiger partial charge in [-0.1, -0.05) is 36.4 Å². The highest BCUT2D eigenvalue weighted by molar-refractivity contribution is 5.95. The highest BCUT2D eigenvalue weighted by Gasteiger charge is 2.03. The minimum Gasteiger partial charge on any atom is -0.494 e. The first-order valence-corrected chi connectivity index (χ1v) is 8.52. The molecule has 0 fully saturated rings. The zero-order valence-electron chi connectivity index (χ0n) is 14.6. The van der Waals surface area contributed by atoms with Gasteiger partial charge in [0.15, 0.2) is 0 Å². The van der Waals surface area contributed by atoms with E-state index in [9.17, 15) is 4.79 Å². The molecular weight excluding hydrogens is 326 g/mol. The van der Waals surface area contributed by atoms with Crippen LogP contribution in [0.3, 0.4) is 0 Å². The van der Waals surface area contributed by atoms with Crippen LogP contribution in [0.1, 0.15) is 12.5 Å². The first-order valence-electron chi connectivity index (χ1n) is 8.52. The van der Waals surface area contributed by atoms with E-state index in [1.807, 2.05) is 73.7 Å². The summed E-state index contributed by atoms with van der Waals surface area (Å²) in [5.41, 5.74) is 4.34. The number of benzene rings is 3. The number of anilines is 1. The summed E-state index contributed by atoms with van der Waals surface area (Å²) < 4.78 is 5.39. The third-order valence-electron chi connectivity index (χ3n) is 3.82. The number of nitrogens with one attached hydrogen (secondary N) is 2. The van der Waals surface area contributed by atoms with Crippen LogP contribution in [0.5, 0.6) is 5.75 Å². The predicted molar refractivity (Wildman–Crippen MR) is 106 cm³/mol. The first-order chi connectivity index (χ1) is 12.8. The second kappa shape index (κ2) is 8.67. The minimum atomic E-state index is -0.208. The Kier molecular flexibility index (Phi) is 5.83. The molecule has 0 heterocycles. The van der Waals surface area contributed by atoms with Gasteiger partial charge in [0, 0.05) is 11.1 Å². The highest BCUT2D eigenvalue weighted by Crippen LogP contribution is 2.22. The molecule has 26 heavy (non-hydrogen) atoms. The van der Waals surface area contributed by atoms with Gasteiger partial charge in [0.1, 0.15) is 5.75 Å². The van der Waals surface area contributed by atoms with Crippen LogP contribution in [0.15, 0.2) is 71.8 Å². The number of carbonyl (C=O) groups is 1. The molecule has 0 aromatic heterocycles. The first kappa shape index (κ1) is 17.5. The standard InChI is InChI=1S/C21H21N3O2/c1-2-26-18-12-10-16(11-13-18)14-23-24-21(25)15-22-20-9-5-7-17-6-3-4-8-19(17)20/h3-14,22H,2,15H2,1H3,(H,24,25). The Morgan fingerprint density at radius 3 is 2.62 bits per heavy atom. The molecule has 0 saturated heterocycles. The van der Waals surface area contributed by atoms with Gasteiger partial charge in [0.2, 0.25) is 0 Å². The molecule has 0 saturated carbocycles. The smallest absolute Gasteiger partial charge is 0.259 e. The average molecular weight is 347 g/mol. The van der Waals surface area contributed by atoms with Gasteiger partial charge >= 0.3 is 0 Å². The van der Waals surface area contributed by atoms with E-state index < -0.39 is 0 Å². The monoisotopic (exact) mass is 347 g/mol. The Labute approximate surface area is 152 Å². The fraction of sp³-hybridized carbons (Fsp3) is 0.143. The molecule has 2 N–H and O–H groups in total. The molecular formula is C21H21N3O2. The van der Waals surface area contributed by atoms with Crippen molar-refractivity contribution in [2.75, 3.05) is 18.5 Å². The van der Waals surface area contributed by atoms with Crippen molar-refractivity contribution in [1.82, 2.24) is 5.43 Å². The van der Waals surface area contributed by atoms with E-state index in [2.05, 4.69) is 15.8 Å². The Hall–Kier alpha value is -3.34. The van der Waals surface area contributed by atoms with Gasteiger partial charge < -0.3 is 10.1 Å². The average Bonchev–Trinajstić information content (AvgIpc) is 2.68. The van der Waals surface area contributed by atoms with Crippen LogP contribution in [0.2, 0.25) is 0 Å². The molecule has 0 aliphatic rings. The summed E-state index contributed by atoms with van der Waals surface area (Å²) in [6.45, 7) is 2.72. The lowest BCUT2D eigenvalue weighted by Gasteiger charge is -2.08. The highest BCUT2D eigenvalue weighted by atomic mass is 16.5. The lowest BCUT2D eigenvalue weighted by atomic mass is 10.1. The van der Waals surface area contributed by atoms with Gasteiger partial charge in [0.05, 0.1) is 19.4 Å². The van der Waals surface area contributed by atoms with Gasteiger partial charge in [0.25, 0.3) is 5.91 Å². The summed E-state index contributed by atoms with van der Waals surface area (Å²) in [6.07, 6.45) is 1.60. The van der Waals surface area contributed by atoms with E-state index in [1.165, 1.54) is 0 Å². The number of fused-ring (bicyclic) bond motifs is 1. The van der Waals surface area contributed by atoms with E-state index in [0.717, 1.165) is 27.8 Å². The van der Waals surface area contributed by atoms with Crippen molar-refractivity contribution in [3.63, 3.8) is 0 Å². The summed E-state index contributed by atoms with van der Waals surface area (Å²) in [6, 6.07) is 21.5. The van der Waals surface area contributed by atoms with Gasteiger partial charge in [-0.15, -0.1) is 0 Å². The maximum absolute atomic E-state index is 12.0. The third-order valence-corrected chi connectivity index (χ3v) is 3.82. The van der Waals surface area contributed by atoms with Crippen molar-refractivity contribution in [2.24, 2.45) is 5.10 Å².